The number of carbonyl (C=O) groups excluding carboxylic acids is 1. The minimum absolute atomic E-state index is 0.143. The smallest absolute Gasteiger partial charge is 0.345 e. The lowest BCUT2D eigenvalue weighted by atomic mass is 9.95. The number of hydrogen-bond acceptors (Lipinski definition) is 4. The van der Waals surface area contributed by atoms with Crippen LogP contribution in [0.5, 0.6) is 0 Å². The third-order valence-electron chi connectivity index (χ3n) is 7.92. The molecule has 5 nitrogen and oxygen atoms in total. The summed E-state index contributed by atoms with van der Waals surface area (Å²) in [7, 11) is 2.00. The van der Waals surface area contributed by atoms with Gasteiger partial charge in [0.15, 0.2) is 0 Å². The average Bonchev–Trinajstić information content (AvgIpc) is 2.99. The number of likely N-dealkylation sites (tertiary alicyclic amines) is 1. The lowest BCUT2D eigenvalue weighted by Gasteiger charge is -2.35. The Bertz CT molecular complexity index is 1280. The number of halogens is 3. The van der Waals surface area contributed by atoms with Crippen molar-refractivity contribution in [2.75, 3.05) is 38.1 Å². The van der Waals surface area contributed by atoms with E-state index in [1.54, 1.807) is 18.5 Å². The van der Waals surface area contributed by atoms with E-state index in [2.05, 4.69) is 28.6 Å². The van der Waals surface area contributed by atoms with Crippen molar-refractivity contribution in [3.63, 3.8) is 0 Å². The maximum absolute atomic E-state index is 13.5. The van der Waals surface area contributed by atoms with E-state index < -0.39 is 11.7 Å². The number of amides is 1. The molecule has 0 aliphatic carbocycles. The maximum Gasteiger partial charge on any atom is 0.416 e. The number of hydrogen-bond donors (Lipinski definition) is 0. The van der Waals surface area contributed by atoms with Gasteiger partial charge in [-0.15, -0.1) is 0 Å². The third-order valence-corrected chi connectivity index (χ3v) is 7.92. The van der Waals surface area contributed by atoms with Crippen LogP contribution >= 0.6 is 0 Å². The van der Waals surface area contributed by atoms with Crippen LogP contribution in [0.2, 0.25) is 0 Å². The van der Waals surface area contributed by atoms with E-state index in [1.165, 1.54) is 24.6 Å². The van der Waals surface area contributed by atoms with Gasteiger partial charge in [0.2, 0.25) is 5.91 Å². The monoisotopic (exact) mass is 578 g/mol. The van der Waals surface area contributed by atoms with E-state index in [0.29, 0.717) is 30.5 Å². The number of pyridine rings is 1. The van der Waals surface area contributed by atoms with Gasteiger partial charge in [-0.25, -0.2) is 0 Å². The van der Waals surface area contributed by atoms with Crippen LogP contribution in [-0.4, -0.2) is 53.9 Å². The van der Waals surface area contributed by atoms with Gasteiger partial charge in [0.05, 0.1) is 5.56 Å². The lowest BCUT2D eigenvalue weighted by Crippen LogP contribution is -2.40. The summed E-state index contributed by atoms with van der Waals surface area (Å²) in [5, 5.41) is 0. The van der Waals surface area contributed by atoms with Crippen molar-refractivity contribution in [3.05, 3.63) is 95.8 Å². The second kappa shape index (κ2) is 14.5. The molecular weight excluding hydrogens is 537 g/mol. The number of carbonyl (C=O) groups is 1. The molecular formula is C34H41F3N4O. The highest BCUT2D eigenvalue weighted by Gasteiger charge is 2.30. The Kier molecular flexibility index (Phi) is 10.8. The van der Waals surface area contributed by atoms with Gasteiger partial charge in [0, 0.05) is 50.0 Å². The van der Waals surface area contributed by atoms with Crippen LogP contribution in [0, 0.1) is 11.8 Å². The fraction of sp³-hybridized carbons (Fsp3) is 0.412. The Morgan fingerprint density at radius 1 is 0.976 bits per heavy atom. The number of rotatable bonds is 11. The van der Waals surface area contributed by atoms with Gasteiger partial charge in [-0.2, -0.15) is 13.2 Å². The summed E-state index contributed by atoms with van der Waals surface area (Å²) < 4.78 is 38.8. The number of nitrogens with zero attached hydrogens (tertiary/aromatic N) is 4. The Labute approximate surface area is 247 Å². The van der Waals surface area contributed by atoms with E-state index in [0.717, 1.165) is 61.5 Å². The van der Waals surface area contributed by atoms with Crippen LogP contribution in [0.1, 0.15) is 49.8 Å². The van der Waals surface area contributed by atoms with Crippen LogP contribution in [0.25, 0.3) is 6.08 Å². The van der Waals surface area contributed by atoms with Crippen molar-refractivity contribution in [1.29, 1.82) is 0 Å². The normalized spacial score (nSPS) is 14.9. The molecule has 0 bridgehead atoms. The van der Waals surface area contributed by atoms with Gasteiger partial charge in [-0.05, 0) is 104 Å². The van der Waals surface area contributed by atoms with Crippen molar-refractivity contribution in [3.8, 4) is 0 Å². The fourth-order valence-corrected chi connectivity index (χ4v) is 5.20. The Morgan fingerprint density at radius 2 is 1.60 bits per heavy atom. The van der Waals surface area contributed by atoms with E-state index in [-0.39, 0.29) is 5.91 Å². The van der Waals surface area contributed by atoms with Crippen molar-refractivity contribution in [2.24, 2.45) is 11.8 Å². The molecule has 42 heavy (non-hydrogen) atoms. The number of benzene rings is 2. The molecule has 3 aromatic rings. The largest absolute Gasteiger partial charge is 0.416 e. The molecule has 1 amide bonds. The third kappa shape index (κ3) is 9.18. The highest BCUT2D eigenvalue weighted by Crippen LogP contribution is 2.29. The first-order valence-corrected chi connectivity index (χ1v) is 14.7. The minimum atomic E-state index is -4.39. The standard InChI is InChI=1S/C34H41F3N4O/c1-26(2)16-21-40-22-17-29(18-23-40)25-41(33(42)13-8-27-4-9-30(10-5-27)34(35,36)37)24-28-6-11-31(12-7-28)39(3)32-14-19-38-20-15-32/h4-15,19-20,26,29H,16-18,21-25H2,1-3H3. The minimum Gasteiger partial charge on any atom is -0.345 e. The summed E-state index contributed by atoms with van der Waals surface area (Å²) in [6, 6.07) is 16.9. The van der Waals surface area contributed by atoms with Gasteiger partial charge in [0.1, 0.15) is 0 Å². The number of anilines is 2. The van der Waals surface area contributed by atoms with Crippen LogP contribution in [0.4, 0.5) is 24.5 Å². The molecule has 0 atom stereocenters. The first-order chi connectivity index (χ1) is 20.1. The maximum atomic E-state index is 13.5. The number of aromatic nitrogens is 1. The molecule has 8 heteroatoms. The topological polar surface area (TPSA) is 39.7 Å². The summed E-state index contributed by atoms with van der Waals surface area (Å²) in [5.41, 5.74) is 2.93. The molecule has 4 rings (SSSR count). The molecule has 1 aromatic heterocycles. The summed E-state index contributed by atoms with van der Waals surface area (Å²) in [6.07, 6.45) is 5.48. The van der Waals surface area contributed by atoms with Gasteiger partial charge >= 0.3 is 6.18 Å². The van der Waals surface area contributed by atoms with Crippen molar-refractivity contribution >= 4 is 23.4 Å². The lowest BCUT2D eigenvalue weighted by molar-refractivity contribution is -0.137. The van der Waals surface area contributed by atoms with Crippen LogP contribution in [-0.2, 0) is 17.5 Å². The van der Waals surface area contributed by atoms with E-state index in [1.807, 2.05) is 48.3 Å². The van der Waals surface area contributed by atoms with Crippen LogP contribution in [0.15, 0.2) is 79.1 Å². The van der Waals surface area contributed by atoms with Crippen molar-refractivity contribution < 1.29 is 18.0 Å². The van der Waals surface area contributed by atoms with Crippen LogP contribution in [0.3, 0.4) is 0 Å². The van der Waals surface area contributed by atoms with Gasteiger partial charge in [0.25, 0.3) is 0 Å². The quantitative estimate of drug-likeness (QED) is 0.219. The molecule has 2 heterocycles. The highest BCUT2D eigenvalue weighted by atomic mass is 19.4. The van der Waals surface area contributed by atoms with Gasteiger partial charge < -0.3 is 14.7 Å². The molecule has 0 unspecified atom stereocenters. The molecule has 224 valence electrons. The molecule has 2 aromatic carbocycles. The highest BCUT2D eigenvalue weighted by molar-refractivity contribution is 5.91. The molecule has 0 saturated carbocycles. The second-order valence-electron chi connectivity index (χ2n) is 11.6. The first-order valence-electron chi connectivity index (χ1n) is 14.7. The predicted octanol–water partition coefficient (Wildman–Crippen LogP) is 7.67. The molecule has 0 spiro atoms. The predicted molar refractivity (Wildman–Crippen MR) is 163 cm³/mol. The summed E-state index contributed by atoms with van der Waals surface area (Å²) in [6.45, 7) is 8.79. The van der Waals surface area contributed by atoms with E-state index >= 15 is 0 Å². The Balaban J connectivity index is 1.44. The van der Waals surface area contributed by atoms with Crippen molar-refractivity contribution in [1.82, 2.24) is 14.8 Å². The Hall–Kier alpha value is -3.65. The molecule has 1 fully saturated rings. The zero-order chi connectivity index (χ0) is 30.1. The summed E-state index contributed by atoms with van der Waals surface area (Å²) in [5.74, 6) is 0.944. The fourth-order valence-electron chi connectivity index (χ4n) is 5.20. The van der Waals surface area contributed by atoms with Gasteiger partial charge in [-0.1, -0.05) is 38.1 Å². The number of piperidine rings is 1. The molecule has 1 aliphatic heterocycles. The van der Waals surface area contributed by atoms with Gasteiger partial charge in [-0.3, -0.25) is 9.78 Å². The van der Waals surface area contributed by atoms with Crippen LogP contribution < -0.4 is 4.90 Å². The summed E-state index contributed by atoms with van der Waals surface area (Å²) in [4.78, 5) is 24.0. The zero-order valence-corrected chi connectivity index (χ0v) is 24.7. The molecule has 0 N–H and O–H groups in total. The molecule has 0 radical (unpaired) electrons. The molecule has 1 aliphatic rings. The second-order valence-corrected chi connectivity index (χ2v) is 11.6. The summed E-state index contributed by atoms with van der Waals surface area (Å²) >= 11 is 0. The molecule has 1 saturated heterocycles. The zero-order valence-electron chi connectivity index (χ0n) is 24.7. The average molecular weight is 579 g/mol. The van der Waals surface area contributed by atoms with E-state index in [9.17, 15) is 18.0 Å². The Morgan fingerprint density at radius 3 is 2.19 bits per heavy atom. The number of alkyl halides is 3. The van der Waals surface area contributed by atoms with E-state index in [4.69, 9.17) is 0 Å². The van der Waals surface area contributed by atoms with Crippen molar-refractivity contribution in [2.45, 2.75) is 45.8 Å². The first kappa shape index (κ1) is 31.3. The SMILES string of the molecule is CC(C)CCN1CCC(CN(Cc2ccc(N(C)c3ccncc3)cc2)C(=O)C=Cc2ccc(C(F)(F)F)cc2)CC1.